The molecule has 3 rings (SSSR count). The number of nitrogens with one attached hydrogen (secondary N) is 1. The lowest BCUT2D eigenvalue weighted by Gasteiger charge is -2.07. The molecule has 0 saturated carbocycles. The van der Waals surface area contributed by atoms with Crippen LogP contribution in [-0.2, 0) is 18.2 Å². The van der Waals surface area contributed by atoms with Crippen LogP contribution < -0.4 is 5.32 Å². The van der Waals surface area contributed by atoms with E-state index in [2.05, 4.69) is 20.6 Å². The van der Waals surface area contributed by atoms with Crippen molar-refractivity contribution in [3.63, 3.8) is 0 Å². The highest BCUT2D eigenvalue weighted by Gasteiger charge is 2.20. The summed E-state index contributed by atoms with van der Waals surface area (Å²) in [5.41, 5.74) is 1.24. The van der Waals surface area contributed by atoms with Gasteiger partial charge in [0.15, 0.2) is 11.5 Å². The van der Waals surface area contributed by atoms with Gasteiger partial charge in [-0.3, -0.25) is 9.48 Å². The largest absolute Gasteiger partial charge is 0.384 e. The zero-order valence-electron chi connectivity index (χ0n) is 14.2. The first-order valence-corrected chi connectivity index (χ1v) is 8.66. The van der Waals surface area contributed by atoms with Crippen LogP contribution in [-0.4, -0.2) is 39.5 Å². The number of ether oxygens (including phenoxy) is 1. The molecule has 8 nitrogen and oxygen atoms in total. The van der Waals surface area contributed by atoms with Gasteiger partial charge >= 0.3 is 0 Å². The average molecular weight is 361 g/mol. The van der Waals surface area contributed by atoms with Gasteiger partial charge < -0.3 is 14.6 Å². The number of rotatable bonds is 7. The molecule has 0 bridgehead atoms. The van der Waals surface area contributed by atoms with Crippen molar-refractivity contribution in [3.8, 4) is 10.6 Å². The van der Waals surface area contributed by atoms with Gasteiger partial charge in [-0.2, -0.15) is 10.1 Å². The SMILES string of the molecule is COCCc1noc([C@H](C)NC(=O)c2cc(-c3cccs3)n(C)n2)n1. The maximum atomic E-state index is 12.4. The second-order valence-corrected chi connectivity index (χ2v) is 6.45. The Bertz CT molecular complexity index is 840. The Balaban J connectivity index is 1.67. The average Bonchev–Trinajstić information content (AvgIpc) is 3.33. The molecule has 0 aliphatic carbocycles. The van der Waals surface area contributed by atoms with E-state index in [0.29, 0.717) is 30.4 Å². The minimum absolute atomic E-state index is 0.289. The highest BCUT2D eigenvalue weighted by atomic mass is 32.1. The van der Waals surface area contributed by atoms with Crippen molar-refractivity contribution < 1.29 is 14.1 Å². The number of nitrogens with zero attached hydrogens (tertiary/aromatic N) is 4. The summed E-state index contributed by atoms with van der Waals surface area (Å²) >= 11 is 1.60. The molecule has 0 aliphatic heterocycles. The molecule has 1 N–H and O–H groups in total. The van der Waals surface area contributed by atoms with Crippen molar-refractivity contribution in [1.82, 2.24) is 25.2 Å². The molecule has 1 atom stereocenters. The highest BCUT2D eigenvalue weighted by Crippen LogP contribution is 2.25. The molecule has 9 heteroatoms. The lowest BCUT2D eigenvalue weighted by molar-refractivity contribution is 0.0926. The van der Waals surface area contributed by atoms with Gasteiger partial charge in [-0.25, -0.2) is 0 Å². The van der Waals surface area contributed by atoms with Crippen molar-refractivity contribution in [3.05, 3.63) is 41.0 Å². The summed E-state index contributed by atoms with van der Waals surface area (Å²) in [6, 6.07) is 5.31. The first-order chi connectivity index (χ1) is 12.1. The maximum absolute atomic E-state index is 12.4. The smallest absolute Gasteiger partial charge is 0.272 e. The minimum Gasteiger partial charge on any atom is -0.384 e. The summed E-state index contributed by atoms with van der Waals surface area (Å²) < 4.78 is 11.9. The zero-order valence-corrected chi connectivity index (χ0v) is 15.0. The fraction of sp³-hybridized carbons (Fsp3) is 0.375. The van der Waals surface area contributed by atoms with E-state index in [1.165, 1.54) is 0 Å². The summed E-state index contributed by atoms with van der Waals surface area (Å²) in [6.07, 6.45) is 0.561. The fourth-order valence-corrected chi connectivity index (χ4v) is 3.08. The van der Waals surface area contributed by atoms with Crippen LogP contribution >= 0.6 is 11.3 Å². The van der Waals surface area contributed by atoms with Crippen LogP contribution in [0.25, 0.3) is 10.6 Å². The van der Waals surface area contributed by atoms with E-state index in [9.17, 15) is 4.79 Å². The number of methoxy groups -OCH3 is 1. The molecule has 3 aromatic heterocycles. The number of aromatic nitrogens is 4. The normalized spacial score (nSPS) is 12.3. The molecular formula is C16H19N5O3S. The molecule has 132 valence electrons. The van der Waals surface area contributed by atoms with Gasteiger partial charge in [0.05, 0.1) is 17.2 Å². The molecule has 1 amide bonds. The molecule has 0 radical (unpaired) electrons. The third kappa shape index (κ3) is 3.94. The number of hydrogen-bond donors (Lipinski definition) is 1. The number of thiophene rings is 1. The third-order valence-corrected chi connectivity index (χ3v) is 4.51. The lowest BCUT2D eigenvalue weighted by Crippen LogP contribution is -2.27. The standard InChI is InChI=1S/C16H19N5O3S/c1-10(16-18-14(20-24-16)6-7-23-3)17-15(22)11-9-12(21(2)19-11)13-5-4-8-25-13/h4-5,8-10H,6-7H2,1-3H3,(H,17,22)/t10-/m0/s1. The predicted octanol–water partition coefficient (Wildman–Crippen LogP) is 2.21. The van der Waals surface area contributed by atoms with Gasteiger partial charge in [0.2, 0.25) is 5.89 Å². The van der Waals surface area contributed by atoms with Crippen molar-refractivity contribution in [2.45, 2.75) is 19.4 Å². The summed E-state index contributed by atoms with van der Waals surface area (Å²) in [5.74, 6) is 0.618. The molecule has 0 unspecified atom stereocenters. The number of carbonyl (C=O) groups excluding carboxylic acids is 1. The first-order valence-electron chi connectivity index (χ1n) is 7.78. The van der Waals surface area contributed by atoms with Crippen molar-refractivity contribution >= 4 is 17.2 Å². The van der Waals surface area contributed by atoms with Gasteiger partial charge in [-0.1, -0.05) is 11.2 Å². The van der Waals surface area contributed by atoms with Crippen LogP contribution in [0.3, 0.4) is 0 Å². The molecule has 0 spiro atoms. The van der Waals surface area contributed by atoms with E-state index in [4.69, 9.17) is 9.26 Å². The van der Waals surface area contributed by atoms with E-state index >= 15 is 0 Å². The van der Waals surface area contributed by atoms with E-state index in [-0.39, 0.29) is 5.91 Å². The number of amides is 1. The van der Waals surface area contributed by atoms with Gasteiger partial charge in [0, 0.05) is 20.6 Å². The van der Waals surface area contributed by atoms with Gasteiger partial charge in [-0.15, -0.1) is 11.3 Å². The van der Waals surface area contributed by atoms with Crippen molar-refractivity contribution in [2.24, 2.45) is 7.05 Å². The highest BCUT2D eigenvalue weighted by molar-refractivity contribution is 7.13. The quantitative estimate of drug-likeness (QED) is 0.693. The second kappa shape index (κ2) is 7.58. The van der Waals surface area contributed by atoms with Crippen LogP contribution in [0.1, 0.15) is 35.2 Å². The summed E-state index contributed by atoms with van der Waals surface area (Å²) in [6.45, 7) is 2.30. The van der Waals surface area contributed by atoms with Crippen LogP contribution in [0.4, 0.5) is 0 Å². The number of hydrogen-bond acceptors (Lipinski definition) is 7. The Labute approximate surface area is 148 Å². The second-order valence-electron chi connectivity index (χ2n) is 5.50. The van der Waals surface area contributed by atoms with Crippen LogP contribution in [0.5, 0.6) is 0 Å². The number of carbonyl (C=O) groups is 1. The van der Waals surface area contributed by atoms with Gasteiger partial charge in [0.1, 0.15) is 6.04 Å². The van der Waals surface area contributed by atoms with Gasteiger partial charge in [-0.05, 0) is 24.4 Å². The topological polar surface area (TPSA) is 95.1 Å². The molecular weight excluding hydrogens is 342 g/mol. The zero-order chi connectivity index (χ0) is 17.8. The molecule has 0 aromatic carbocycles. The van der Waals surface area contributed by atoms with Gasteiger partial charge in [0.25, 0.3) is 5.91 Å². The molecule has 25 heavy (non-hydrogen) atoms. The fourth-order valence-electron chi connectivity index (χ4n) is 2.30. The van der Waals surface area contributed by atoms with Crippen molar-refractivity contribution in [2.75, 3.05) is 13.7 Å². The maximum Gasteiger partial charge on any atom is 0.272 e. The first kappa shape index (κ1) is 17.3. The number of aryl methyl sites for hydroxylation is 1. The Hall–Kier alpha value is -2.52. The predicted molar refractivity (Wildman–Crippen MR) is 92.3 cm³/mol. The molecule has 0 saturated heterocycles. The summed E-state index contributed by atoms with van der Waals surface area (Å²) in [4.78, 5) is 17.8. The lowest BCUT2D eigenvalue weighted by atomic mass is 10.2. The summed E-state index contributed by atoms with van der Waals surface area (Å²) in [5, 5.41) is 13.0. The van der Waals surface area contributed by atoms with E-state index in [1.807, 2.05) is 24.6 Å². The summed E-state index contributed by atoms with van der Waals surface area (Å²) in [7, 11) is 3.43. The molecule has 3 heterocycles. The Kier molecular flexibility index (Phi) is 5.25. The van der Waals surface area contributed by atoms with E-state index in [0.717, 1.165) is 10.6 Å². The molecule has 0 aliphatic rings. The van der Waals surface area contributed by atoms with Crippen LogP contribution in [0.2, 0.25) is 0 Å². The Morgan fingerprint density at radius 3 is 3.08 bits per heavy atom. The van der Waals surface area contributed by atoms with E-state index < -0.39 is 6.04 Å². The Morgan fingerprint density at radius 2 is 2.36 bits per heavy atom. The van der Waals surface area contributed by atoms with E-state index in [1.54, 1.807) is 36.1 Å². The van der Waals surface area contributed by atoms with Crippen LogP contribution in [0.15, 0.2) is 28.1 Å². The van der Waals surface area contributed by atoms with Crippen LogP contribution in [0, 0.1) is 0 Å². The minimum atomic E-state index is -0.413. The van der Waals surface area contributed by atoms with Crippen molar-refractivity contribution in [1.29, 1.82) is 0 Å². The Morgan fingerprint density at radius 1 is 1.52 bits per heavy atom. The molecule has 0 fully saturated rings. The monoisotopic (exact) mass is 361 g/mol. The molecule has 3 aromatic rings. The third-order valence-electron chi connectivity index (χ3n) is 3.62.